The van der Waals surface area contributed by atoms with Crippen molar-refractivity contribution in [1.82, 2.24) is 9.88 Å². The predicted molar refractivity (Wildman–Crippen MR) is 85.7 cm³/mol. The second kappa shape index (κ2) is 6.21. The van der Waals surface area contributed by atoms with Gasteiger partial charge in [0.15, 0.2) is 0 Å². The number of nitrogens with zero attached hydrogens (tertiary/aromatic N) is 2. The average Bonchev–Trinajstić information content (AvgIpc) is 2.98. The average molecular weight is 314 g/mol. The molecule has 23 heavy (non-hydrogen) atoms. The fourth-order valence-electron chi connectivity index (χ4n) is 3.84. The standard InChI is InChI=1S/C18H22N2O3/c1-13-12-14(6-10-19-13)5-9-18(22)8-3-4-16-15(18)7-11-20(16)17(21)23-2/h6,10,12,15-16,22H,3-4,7-8,11H2,1-2H3/t15-,16-,18-/m1/s1. The van der Waals surface area contributed by atoms with E-state index in [0.717, 1.165) is 30.5 Å². The van der Waals surface area contributed by atoms with Gasteiger partial charge in [0, 0.05) is 36.0 Å². The summed E-state index contributed by atoms with van der Waals surface area (Å²) in [5, 5.41) is 11.1. The minimum absolute atomic E-state index is 0.00853. The van der Waals surface area contributed by atoms with Crippen molar-refractivity contribution in [3.8, 4) is 11.8 Å². The number of ether oxygens (including phenoxy) is 1. The summed E-state index contributed by atoms with van der Waals surface area (Å²) in [5.74, 6) is 6.17. The molecule has 5 nitrogen and oxygen atoms in total. The van der Waals surface area contributed by atoms with Crippen LogP contribution in [0.5, 0.6) is 0 Å². The zero-order valence-electron chi connectivity index (χ0n) is 13.6. The van der Waals surface area contributed by atoms with Crippen LogP contribution in [0.1, 0.15) is 36.9 Å². The number of hydrogen-bond donors (Lipinski definition) is 1. The third-order valence-electron chi connectivity index (χ3n) is 4.95. The van der Waals surface area contributed by atoms with E-state index in [2.05, 4.69) is 16.8 Å². The van der Waals surface area contributed by atoms with Gasteiger partial charge in [-0.15, -0.1) is 0 Å². The van der Waals surface area contributed by atoms with Crippen molar-refractivity contribution in [2.24, 2.45) is 5.92 Å². The van der Waals surface area contributed by atoms with Gasteiger partial charge in [-0.05, 0) is 44.7 Å². The Morgan fingerprint density at radius 2 is 2.35 bits per heavy atom. The first-order valence-corrected chi connectivity index (χ1v) is 8.06. The van der Waals surface area contributed by atoms with Gasteiger partial charge >= 0.3 is 6.09 Å². The number of likely N-dealkylation sites (tertiary alicyclic amines) is 1. The lowest BCUT2D eigenvalue weighted by atomic mass is 9.73. The largest absolute Gasteiger partial charge is 0.453 e. The molecule has 2 heterocycles. The lowest BCUT2D eigenvalue weighted by Crippen LogP contribution is -2.49. The Kier molecular flexibility index (Phi) is 4.27. The van der Waals surface area contributed by atoms with Crippen LogP contribution in [0.4, 0.5) is 4.79 Å². The first kappa shape index (κ1) is 15.8. The number of amides is 1. The lowest BCUT2D eigenvalue weighted by Gasteiger charge is -2.39. The molecular weight excluding hydrogens is 292 g/mol. The van der Waals surface area contributed by atoms with E-state index < -0.39 is 5.60 Å². The topological polar surface area (TPSA) is 62.7 Å². The number of carbonyl (C=O) groups excluding carboxylic acids is 1. The molecule has 1 aromatic rings. The van der Waals surface area contributed by atoms with Crippen LogP contribution in [0, 0.1) is 24.7 Å². The Balaban J connectivity index is 1.83. The molecule has 3 rings (SSSR count). The molecular formula is C18H22N2O3. The van der Waals surface area contributed by atoms with E-state index in [-0.39, 0.29) is 18.1 Å². The summed E-state index contributed by atoms with van der Waals surface area (Å²) in [6.07, 6.45) is 4.59. The van der Waals surface area contributed by atoms with Crippen LogP contribution < -0.4 is 0 Å². The maximum Gasteiger partial charge on any atom is 0.409 e. The maximum atomic E-state index is 11.9. The van der Waals surface area contributed by atoms with Crippen molar-refractivity contribution >= 4 is 6.09 Å². The zero-order valence-corrected chi connectivity index (χ0v) is 13.6. The molecule has 1 N–H and O–H groups in total. The Morgan fingerprint density at radius 3 is 3.09 bits per heavy atom. The number of carbonyl (C=O) groups is 1. The van der Waals surface area contributed by atoms with Gasteiger partial charge < -0.3 is 14.7 Å². The van der Waals surface area contributed by atoms with Gasteiger partial charge in [-0.3, -0.25) is 4.98 Å². The van der Waals surface area contributed by atoms with Crippen molar-refractivity contribution in [1.29, 1.82) is 0 Å². The maximum absolute atomic E-state index is 11.9. The van der Waals surface area contributed by atoms with Gasteiger partial charge in [0.25, 0.3) is 0 Å². The fraction of sp³-hybridized carbons (Fsp3) is 0.556. The third kappa shape index (κ3) is 3.04. The number of methoxy groups -OCH3 is 1. The lowest BCUT2D eigenvalue weighted by molar-refractivity contribution is -0.0136. The summed E-state index contributed by atoms with van der Waals surface area (Å²) >= 11 is 0. The monoisotopic (exact) mass is 314 g/mol. The number of pyridine rings is 1. The van der Waals surface area contributed by atoms with Crippen molar-refractivity contribution in [2.45, 2.75) is 44.2 Å². The minimum atomic E-state index is -1.04. The smallest absolute Gasteiger partial charge is 0.409 e. The van der Waals surface area contributed by atoms with Crippen LogP contribution >= 0.6 is 0 Å². The van der Waals surface area contributed by atoms with Crippen LogP contribution in [-0.2, 0) is 4.74 Å². The van der Waals surface area contributed by atoms with Gasteiger partial charge in [0.05, 0.1) is 7.11 Å². The molecule has 1 saturated carbocycles. The SMILES string of the molecule is COC(=O)N1CC[C@@H]2[C@H]1CCC[C@@]2(O)C#Cc1ccnc(C)c1. The van der Waals surface area contributed by atoms with E-state index in [0.29, 0.717) is 13.0 Å². The van der Waals surface area contributed by atoms with Crippen LogP contribution in [0.3, 0.4) is 0 Å². The van der Waals surface area contributed by atoms with Crippen LogP contribution in [0.2, 0.25) is 0 Å². The van der Waals surface area contributed by atoms with Gasteiger partial charge in [0.1, 0.15) is 5.60 Å². The minimum Gasteiger partial charge on any atom is -0.453 e. The molecule has 0 aromatic carbocycles. The van der Waals surface area contributed by atoms with Crippen molar-refractivity contribution < 1.29 is 14.6 Å². The molecule has 0 unspecified atom stereocenters. The van der Waals surface area contributed by atoms with Gasteiger partial charge in [-0.2, -0.15) is 0 Å². The van der Waals surface area contributed by atoms with E-state index in [9.17, 15) is 9.90 Å². The van der Waals surface area contributed by atoms with E-state index in [1.54, 1.807) is 11.1 Å². The Hall–Kier alpha value is -2.06. The highest BCUT2D eigenvalue weighted by atomic mass is 16.5. The van der Waals surface area contributed by atoms with E-state index in [4.69, 9.17) is 4.74 Å². The molecule has 2 fully saturated rings. The van der Waals surface area contributed by atoms with Gasteiger partial charge in [-0.1, -0.05) is 11.8 Å². The first-order valence-electron chi connectivity index (χ1n) is 8.06. The molecule has 5 heteroatoms. The van der Waals surface area contributed by atoms with Crippen molar-refractivity contribution in [2.75, 3.05) is 13.7 Å². The van der Waals surface area contributed by atoms with E-state index >= 15 is 0 Å². The second-order valence-electron chi connectivity index (χ2n) is 6.38. The Labute approximate surface area is 136 Å². The van der Waals surface area contributed by atoms with Gasteiger partial charge in [-0.25, -0.2) is 4.79 Å². The molecule has 1 aromatic heterocycles. The number of fused-ring (bicyclic) bond motifs is 1. The van der Waals surface area contributed by atoms with E-state index in [1.807, 2.05) is 19.1 Å². The van der Waals surface area contributed by atoms with Crippen LogP contribution in [-0.4, -0.2) is 46.4 Å². The summed E-state index contributed by atoms with van der Waals surface area (Å²) < 4.78 is 4.86. The van der Waals surface area contributed by atoms with Crippen molar-refractivity contribution in [3.05, 3.63) is 29.6 Å². The molecule has 0 bridgehead atoms. The first-order chi connectivity index (χ1) is 11.0. The molecule has 0 spiro atoms. The molecule has 3 atom stereocenters. The summed E-state index contributed by atoms with van der Waals surface area (Å²) in [5.41, 5.74) is 0.724. The third-order valence-corrected chi connectivity index (χ3v) is 4.95. The number of aryl methyl sites for hydroxylation is 1. The van der Waals surface area contributed by atoms with Crippen LogP contribution in [0.15, 0.2) is 18.3 Å². The second-order valence-corrected chi connectivity index (χ2v) is 6.38. The molecule has 1 aliphatic carbocycles. The van der Waals surface area contributed by atoms with E-state index in [1.165, 1.54) is 7.11 Å². The van der Waals surface area contributed by atoms with Crippen molar-refractivity contribution in [3.63, 3.8) is 0 Å². The number of hydrogen-bond acceptors (Lipinski definition) is 4. The number of aliphatic hydroxyl groups is 1. The highest BCUT2D eigenvalue weighted by Crippen LogP contribution is 2.42. The molecule has 1 amide bonds. The summed E-state index contributed by atoms with van der Waals surface area (Å²) in [4.78, 5) is 17.8. The van der Waals surface area contributed by atoms with Crippen LogP contribution in [0.25, 0.3) is 0 Å². The Morgan fingerprint density at radius 1 is 1.52 bits per heavy atom. The number of rotatable bonds is 0. The number of aromatic nitrogens is 1. The predicted octanol–water partition coefficient (Wildman–Crippen LogP) is 2.11. The fourth-order valence-corrected chi connectivity index (χ4v) is 3.84. The molecule has 1 aliphatic heterocycles. The molecule has 1 saturated heterocycles. The summed E-state index contributed by atoms with van der Waals surface area (Å²) in [6.45, 7) is 2.54. The molecule has 2 aliphatic rings. The Bertz CT molecular complexity index is 664. The highest BCUT2D eigenvalue weighted by molar-refractivity contribution is 5.68. The summed E-state index contributed by atoms with van der Waals surface area (Å²) in [7, 11) is 1.40. The normalized spacial score (nSPS) is 29.4. The molecule has 122 valence electrons. The zero-order chi connectivity index (χ0) is 16.4. The highest BCUT2D eigenvalue weighted by Gasteiger charge is 2.50. The van der Waals surface area contributed by atoms with Gasteiger partial charge in [0.2, 0.25) is 0 Å². The quantitative estimate of drug-likeness (QED) is 0.745. The molecule has 0 radical (unpaired) electrons. The summed E-state index contributed by atoms with van der Waals surface area (Å²) in [6, 6.07) is 3.78.